The van der Waals surface area contributed by atoms with E-state index in [1.165, 1.54) is 12.1 Å². The fourth-order valence-corrected chi connectivity index (χ4v) is 4.13. The van der Waals surface area contributed by atoms with Gasteiger partial charge in [-0.25, -0.2) is 13.1 Å². The summed E-state index contributed by atoms with van der Waals surface area (Å²) in [5.74, 6) is 0. The Bertz CT molecular complexity index is 539. The lowest BCUT2D eigenvalue weighted by Gasteiger charge is -2.23. The van der Waals surface area contributed by atoms with Crippen molar-refractivity contribution >= 4 is 21.4 Å². The molecule has 0 aromatic carbocycles. The molecule has 0 radical (unpaired) electrons. The average Bonchev–Trinajstić information content (AvgIpc) is 2.87. The van der Waals surface area contributed by atoms with Crippen molar-refractivity contribution in [2.75, 3.05) is 13.1 Å². The summed E-state index contributed by atoms with van der Waals surface area (Å²) in [6, 6.07) is 5.15. The van der Waals surface area contributed by atoms with Crippen molar-refractivity contribution in [3.05, 3.63) is 17.0 Å². The monoisotopic (exact) mass is 285 g/mol. The van der Waals surface area contributed by atoms with Crippen molar-refractivity contribution < 1.29 is 8.42 Å². The zero-order valence-electron chi connectivity index (χ0n) is 9.85. The van der Waals surface area contributed by atoms with Crippen LogP contribution in [0.2, 0.25) is 0 Å². The van der Waals surface area contributed by atoms with Crippen LogP contribution in [-0.2, 0) is 10.0 Å². The van der Waals surface area contributed by atoms with Gasteiger partial charge < -0.3 is 5.32 Å². The summed E-state index contributed by atoms with van der Waals surface area (Å²) in [4.78, 5) is 0.408. The molecular formula is C11H15N3O2S2. The number of thiophene rings is 1. The number of piperidine rings is 1. The van der Waals surface area contributed by atoms with Gasteiger partial charge in [0.05, 0.1) is 0 Å². The Morgan fingerprint density at radius 1 is 1.50 bits per heavy atom. The van der Waals surface area contributed by atoms with Crippen molar-refractivity contribution in [3.63, 3.8) is 0 Å². The van der Waals surface area contributed by atoms with E-state index >= 15 is 0 Å². The molecular weight excluding hydrogens is 270 g/mol. The maximum absolute atomic E-state index is 12.0. The van der Waals surface area contributed by atoms with E-state index in [0.29, 0.717) is 11.4 Å². The summed E-state index contributed by atoms with van der Waals surface area (Å²) in [5, 5.41) is 12.0. The van der Waals surface area contributed by atoms with Gasteiger partial charge in [-0.1, -0.05) is 6.42 Å². The second-order valence-corrected chi connectivity index (χ2v) is 7.31. The summed E-state index contributed by atoms with van der Waals surface area (Å²) in [5.41, 5.74) is 0. The summed E-state index contributed by atoms with van der Waals surface area (Å²) in [6.07, 6.45) is 3.28. The molecule has 98 valence electrons. The first-order chi connectivity index (χ1) is 8.62. The van der Waals surface area contributed by atoms with Gasteiger partial charge in [0.2, 0.25) is 10.0 Å². The second kappa shape index (κ2) is 5.80. The standard InChI is InChI=1S/C11H15N3O2S2/c12-7-10-4-5-11(17-10)18(15,16)14-8-9-3-1-2-6-13-9/h4-5,9,13-14H,1-3,6,8H2. The smallest absolute Gasteiger partial charge is 0.250 e. The zero-order chi connectivity index (χ0) is 13.0. The third-order valence-corrected chi connectivity index (χ3v) is 5.79. The Balaban J connectivity index is 1.96. The van der Waals surface area contributed by atoms with E-state index in [1.54, 1.807) is 0 Å². The number of hydrogen-bond acceptors (Lipinski definition) is 5. The van der Waals surface area contributed by atoms with Gasteiger partial charge in [0.15, 0.2) is 0 Å². The normalized spacial score (nSPS) is 20.5. The molecule has 1 atom stereocenters. The minimum atomic E-state index is -3.47. The van der Waals surface area contributed by atoms with Crippen LogP contribution in [0.5, 0.6) is 0 Å². The zero-order valence-corrected chi connectivity index (χ0v) is 11.5. The average molecular weight is 285 g/mol. The van der Waals surface area contributed by atoms with Crippen LogP contribution >= 0.6 is 11.3 Å². The minimum absolute atomic E-state index is 0.204. The molecule has 0 spiro atoms. The molecule has 0 amide bonds. The SMILES string of the molecule is N#Cc1ccc(S(=O)(=O)NCC2CCCCN2)s1. The van der Waals surface area contributed by atoms with Gasteiger partial charge in [-0.05, 0) is 31.5 Å². The quantitative estimate of drug-likeness (QED) is 0.866. The highest BCUT2D eigenvalue weighted by Crippen LogP contribution is 2.20. The molecule has 1 aromatic rings. The lowest BCUT2D eigenvalue weighted by Crippen LogP contribution is -2.43. The third kappa shape index (κ3) is 3.29. The van der Waals surface area contributed by atoms with Crippen molar-refractivity contribution in [3.8, 4) is 6.07 Å². The fraction of sp³-hybridized carbons (Fsp3) is 0.545. The predicted octanol–water partition coefficient (Wildman–Crippen LogP) is 1.04. The number of sulfonamides is 1. The van der Waals surface area contributed by atoms with Crippen molar-refractivity contribution in [1.29, 1.82) is 5.26 Å². The van der Waals surface area contributed by atoms with Gasteiger partial charge in [0.1, 0.15) is 15.2 Å². The molecule has 1 unspecified atom stereocenters. The number of nitrogens with one attached hydrogen (secondary N) is 2. The van der Waals surface area contributed by atoms with Crippen LogP contribution in [-0.4, -0.2) is 27.5 Å². The van der Waals surface area contributed by atoms with Crippen LogP contribution < -0.4 is 10.0 Å². The Kier molecular flexibility index (Phi) is 4.35. The summed E-state index contributed by atoms with van der Waals surface area (Å²) in [7, 11) is -3.47. The van der Waals surface area contributed by atoms with Gasteiger partial charge >= 0.3 is 0 Å². The molecule has 2 N–H and O–H groups in total. The Morgan fingerprint density at radius 2 is 2.33 bits per heavy atom. The molecule has 1 aliphatic heterocycles. The molecule has 1 saturated heterocycles. The Hall–Kier alpha value is -0.940. The summed E-state index contributed by atoms with van der Waals surface area (Å²) < 4.78 is 26.7. The molecule has 2 rings (SSSR count). The molecule has 0 aliphatic carbocycles. The summed E-state index contributed by atoms with van der Waals surface area (Å²) >= 11 is 0.994. The maximum Gasteiger partial charge on any atom is 0.250 e. The van der Waals surface area contributed by atoms with Crippen LogP contribution in [0.1, 0.15) is 24.1 Å². The lowest BCUT2D eigenvalue weighted by molar-refractivity contribution is 0.398. The largest absolute Gasteiger partial charge is 0.313 e. The van der Waals surface area contributed by atoms with E-state index in [0.717, 1.165) is 37.1 Å². The topological polar surface area (TPSA) is 82.0 Å². The second-order valence-electron chi connectivity index (χ2n) is 4.23. The van der Waals surface area contributed by atoms with E-state index in [2.05, 4.69) is 10.0 Å². The number of nitrogens with zero attached hydrogens (tertiary/aromatic N) is 1. The third-order valence-electron chi connectivity index (χ3n) is 2.89. The molecule has 1 fully saturated rings. The predicted molar refractivity (Wildman–Crippen MR) is 69.9 cm³/mol. The Morgan fingerprint density at radius 3 is 2.94 bits per heavy atom. The molecule has 0 bridgehead atoms. The van der Waals surface area contributed by atoms with Crippen LogP contribution in [0.4, 0.5) is 0 Å². The van der Waals surface area contributed by atoms with Crippen LogP contribution in [0.15, 0.2) is 16.3 Å². The van der Waals surface area contributed by atoms with E-state index in [1.807, 2.05) is 6.07 Å². The van der Waals surface area contributed by atoms with Gasteiger partial charge in [0, 0.05) is 12.6 Å². The van der Waals surface area contributed by atoms with Crippen LogP contribution in [0, 0.1) is 11.3 Å². The lowest BCUT2D eigenvalue weighted by atomic mass is 10.1. The molecule has 2 heterocycles. The van der Waals surface area contributed by atoms with Crippen molar-refractivity contribution in [2.45, 2.75) is 29.5 Å². The van der Waals surface area contributed by atoms with Crippen LogP contribution in [0.3, 0.4) is 0 Å². The molecule has 1 aliphatic rings. The highest BCUT2D eigenvalue weighted by Gasteiger charge is 2.19. The number of rotatable bonds is 4. The van der Waals surface area contributed by atoms with Crippen molar-refractivity contribution in [2.24, 2.45) is 0 Å². The van der Waals surface area contributed by atoms with E-state index in [9.17, 15) is 8.42 Å². The number of nitriles is 1. The number of hydrogen-bond donors (Lipinski definition) is 2. The van der Waals surface area contributed by atoms with E-state index in [4.69, 9.17) is 5.26 Å². The Labute approximate surface area is 111 Å². The first kappa shape index (κ1) is 13.5. The molecule has 0 saturated carbocycles. The highest BCUT2D eigenvalue weighted by atomic mass is 32.2. The van der Waals surface area contributed by atoms with E-state index in [-0.39, 0.29) is 10.3 Å². The fourth-order valence-electron chi connectivity index (χ4n) is 1.90. The first-order valence-electron chi connectivity index (χ1n) is 5.85. The summed E-state index contributed by atoms with van der Waals surface area (Å²) in [6.45, 7) is 1.35. The molecule has 1 aromatic heterocycles. The van der Waals surface area contributed by atoms with Gasteiger partial charge in [-0.3, -0.25) is 0 Å². The maximum atomic E-state index is 12.0. The molecule has 7 heteroatoms. The minimum Gasteiger partial charge on any atom is -0.313 e. The van der Waals surface area contributed by atoms with E-state index < -0.39 is 10.0 Å². The first-order valence-corrected chi connectivity index (χ1v) is 8.15. The van der Waals surface area contributed by atoms with Crippen LogP contribution in [0.25, 0.3) is 0 Å². The van der Waals surface area contributed by atoms with Gasteiger partial charge in [-0.15, -0.1) is 11.3 Å². The molecule has 18 heavy (non-hydrogen) atoms. The molecule has 5 nitrogen and oxygen atoms in total. The van der Waals surface area contributed by atoms with Gasteiger partial charge in [0.25, 0.3) is 0 Å². The highest BCUT2D eigenvalue weighted by molar-refractivity contribution is 7.91. The van der Waals surface area contributed by atoms with Crippen molar-refractivity contribution in [1.82, 2.24) is 10.0 Å². The van der Waals surface area contributed by atoms with Gasteiger partial charge in [-0.2, -0.15) is 5.26 Å².